The third-order valence-corrected chi connectivity index (χ3v) is 3.53. The van der Waals surface area contributed by atoms with Gasteiger partial charge >= 0.3 is 6.61 Å². The molecule has 0 fully saturated rings. The molecule has 0 saturated carbocycles. The lowest BCUT2D eigenvalue weighted by molar-refractivity contribution is -0.0497. The molecule has 5 nitrogen and oxygen atoms in total. The summed E-state index contributed by atoms with van der Waals surface area (Å²) >= 11 is 0. The normalized spacial score (nSPS) is 11.3. The van der Waals surface area contributed by atoms with Crippen molar-refractivity contribution in [3.63, 3.8) is 0 Å². The van der Waals surface area contributed by atoms with Crippen LogP contribution in [0.1, 0.15) is 17.3 Å². The highest BCUT2D eigenvalue weighted by atomic mass is 19.3. The SMILES string of the molecule is C/C=C(/CN)COc1ccc(C(=O)Nc2cccc(OC(F)F)c2)cc1. The number of hydrogen-bond acceptors (Lipinski definition) is 4. The average Bonchev–Trinajstić information content (AvgIpc) is 2.63. The molecular formula is C19H20F2N2O3. The highest BCUT2D eigenvalue weighted by molar-refractivity contribution is 6.04. The Bertz CT molecular complexity index is 762. The molecule has 0 aliphatic rings. The van der Waals surface area contributed by atoms with E-state index in [9.17, 15) is 13.6 Å². The number of anilines is 1. The van der Waals surface area contributed by atoms with Gasteiger partial charge in [0, 0.05) is 23.9 Å². The lowest BCUT2D eigenvalue weighted by Gasteiger charge is -2.10. The largest absolute Gasteiger partial charge is 0.489 e. The van der Waals surface area contributed by atoms with E-state index in [0.717, 1.165) is 5.57 Å². The van der Waals surface area contributed by atoms with Crippen LogP contribution in [0.5, 0.6) is 11.5 Å². The van der Waals surface area contributed by atoms with E-state index in [-0.39, 0.29) is 11.7 Å². The average molecular weight is 362 g/mol. The van der Waals surface area contributed by atoms with Gasteiger partial charge < -0.3 is 20.5 Å². The van der Waals surface area contributed by atoms with Crippen molar-refractivity contribution < 1.29 is 23.0 Å². The maximum Gasteiger partial charge on any atom is 0.387 e. The van der Waals surface area contributed by atoms with Crippen molar-refractivity contribution in [2.24, 2.45) is 5.73 Å². The van der Waals surface area contributed by atoms with Gasteiger partial charge in [0.1, 0.15) is 18.1 Å². The van der Waals surface area contributed by atoms with Crippen LogP contribution >= 0.6 is 0 Å². The summed E-state index contributed by atoms with van der Waals surface area (Å²) in [6.45, 7) is -0.225. The minimum Gasteiger partial charge on any atom is -0.489 e. The van der Waals surface area contributed by atoms with Gasteiger partial charge in [0.25, 0.3) is 5.91 Å². The number of amides is 1. The van der Waals surface area contributed by atoms with E-state index in [0.29, 0.717) is 30.2 Å². The predicted octanol–water partition coefficient (Wildman–Crippen LogP) is 3.82. The van der Waals surface area contributed by atoms with Crippen molar-refractivity contribution in [3.8, 4) is 11.5 Å². The Morgan fingerprint density at radius 1 is 1.19 bits per heavy atom. The molecule has 7 heteroatoms. The minimum atomic E-state index is -2.92. The van der Waals surface area contributed by atoms with Crippen molar-refractivity contribution in [2.45, 2.75) is 13.5 Å². The number of carbonyl (C=O) groups excluding carboxylic acids is 1. The summed E-state index contributed by atoms with van der Waals surface area (Å²) in [7, 11) is 0. The third kappa shape index (κ3) is 5.86. The number of nitrogens with two attached hydrogens (primary N) is 1. The molecule has 0 atom stereocenters. The Morgan fingerprint density at radius 3 is 2.54 bits per heavy atom. The molecule has 0 aromatic heterocycles. The van der Waals surface area contributed by atoms with Gasteiger partial charge in [-0.05, 0) is 48.9 Å². The zero-order valence-electron chi connectivity index (χ0n) is 14.2. The first-order valence-corrected chi connectivity index (χ1v) is 7.95. The summed E-state index contributed by atoms with van der Waals surface area (Å²) in [6.07, 6.45) is 1.90. The summed E-state index contributed by atoms with van der Waals surface area (Å²) in [6, 6.07) is 12.4. The van der Waals surface area contributed by atoms with Gasteiger partial charge in [-0.1, -0.05) is 12.1 Å². The van der Waals surface area contributed by atoms with Crippen molar-refractivity contribution in [1.29, 1.82) is 0 Å². The first-order chi connectivity index (χ1) is 12.5. The highest BCUT2D eigenvalue weighted by Crippen LogP contribution is 2.20. The fourth-order valence-corrected chi connectivity index (χ4v) is 2.09. The number of benzene rings is 2. The van der Waals surface area contributed by atoms with Crippen LogP contribution in [0.15, 0.2) is 60.2 Å². The molecule has 1 amide bonds. The van der Waals surface area contributed by atoms with Crippen molar-refractivity contribution >= 4 is 11.6 Å². The van der Waals surface area contributed by atoms with Crippen molar-refractivity contribution in [2.75, 3.05) is 18.5 Å². The van der Waals surface area contributed by atoms with Crippen LogP contribution < -0.4 is 20.5 Å². The smallest absolute Gasteiger partial charge is 0.387 e. The van der Waals surface area contributed by atoms with E-state index in [1.165, 1.54) is 18.2 Å². The summed E-state index contributed by atoms with van der Waals surface area (Å²) in [5.41, 5.74) is 7.30. The maximum absolute atomic E-state index is 12.3. The summed E-state index contributed by atoms with van der Waals surface area (Å²) in [5, 5.41) is 2.63. The summed E-state index contributed by atoms with van der Waals surface area (Å²) in [5.74, 6) is 0.213. The topological polar surface area (TPSA) is 73.6 Å². The van der Waals surface area contributed by atoms with Crippen LogP contribution in [0.25, 0.3) is 0 Å². The Hall–Kier alpha value is -2.93. The van der Waals surface area contributed by atoms with Crippen LogP contribution in [0, 0.1) is 0 Å². The number of rotatable bonds is 8. The highest BCUT2D eigenvalue weighted by Gasteiger charge is 2.09. The molecule has 2 aromatic rings. The Kier molecular flexibility index (Phi) is 7.11. The monoisotopic (exact) mass is 362 g/mol. The third-order valence-electron chi connectivity index (χ3n) is 3.53. The summed E-state index contributed by atoms with van der Waals surface area (Å²) in [4.78, 5) is 12.3. The van der Waals surface area contributed by atoms with E-state index in [2.05, 4.69) is 10.1 Å². The van der Waals surface area contributed by atoms with Gasteiger partial charge in [-0.25, -0.2) is 0 Å². The molecule has 0 spiro atoms. The van der Waals surface area contributed by atoms with Crippen molar-refractivity contribution in [1.82, 2.24) is 0 Å². The Labute approximate surface area is 150 Å². The van der Waals surface area contributed by atoms with Gasteiger partial charge in [-0.3, -0.25) is 4.79 Å². The number of allylic oxidation sites excluding steroid dienone is 1. The number of halogens is 2. The lowest BCUT2D eigenvalue weighted by Crippen LogP contribution is -2.13. The van der Waals surface area contributed by atoms with E-state index >= 15 is 0 Å². The van der Waals surface area contributed by atoms with Gasteiger partial charge in [-0.2, -0.15) is 8.78 Å². The molecule has 3 N–H and O–H groups in total. The second-order valence-electron chi connectivity index (χ2n) is 5.32. The summed E-state index contributed by atoms with van der Waals surface area (Å²) < 4.78 is 34.4. The Morgan fingerprint density at radius 2 is 1.92 bits per heavy atom. The van der Waals surface area contributed by atoms with E-state index in [1.54, 1.807) is 30.3 Å². The van der Waals surface area contributed by atoms with Crippen LogP contribution in [-0.4, -0.2) is 25.7 Å². The molecule has 0 unspecified atom stereocenters. The molecule has 2 aromatic carbocycles. The first kappa shape index (κ1) is 19.4. The van der Waals surface area contributed by atoms with E-state index in [1.807, 2.05) is 13.0 Å². The lowest BCUT2D eigenvalue weighted by atomic mass is 10.2. The van der Waals surface area contributed by atoms with E-state index in [4.69, 9.17) is 10.5 Å². The van der Waals surface area contributed by atoms with E-state index < -0.39 is 6.61 Å². The Balaban J connectivity index is 1.97. The fourth-order valence-electron chi connectivity index (χ4n) is 2.09. The number of carbonyl (C=O) groups is 1. The molecular weight excluding hydrogens is 342 g/mol. The van der Waals surface area contributed by atoms with Crippen molar-refractivity contribution in [3.05, 3.63) is 65.7 Å². The van der Waals surface area contributed by atoms with Gasteiger partial charge in [0.2, 0.25) is 0 Å². The second-order valence-corrected chi connectivity index (χ2v) is 5.32. The second kappa shape index (κ2) is 9.53. The first-order valence-electron chi connectivity index (χ1n) is 7.95. The molecule has 138 valence electrons. The quantitative estimate of drug-likeness (QED) is 0.700. The van der Waals surface area contributed by atoms with Gasteiger partial charge in [0.05, 0.1) is 0 Å². The van der Waals surface area contributed by atoms with Gasteiger partial charge in [0.15, 0.2) is 0 Å². The zero-order chi connectivity index (χ0) is 18.9. The molecule has 26 heavy (non-hydrogen) atoms. The predicted molar refractivity (Wildman–Crippen MR) is 95.8 cm³/mol. The molecule has 0 heterocycles. The molecule has 0 aliphatic heterocycles. The molecule has 0 aliphatic carbocycles. The molecule has 2 rings (SSSR count). The van der Waals surface area contributed by atoms with Crippen LogP contribution in [0.3, 0.4) is 0 Å². The fraction of sp³-hybridized carbons (Fsp3) is 0.211. The van der Waals surface area contributed by atoms with Crippen LogP contribution in [-0.2, 0) is 0 Å². The molecule has 0 radical (unpaired) electrons. The van der Waals surface area contributed by atoms with Crippen LogP contribution in [0.4, 0.5) is 14.5 Å². The van der Waals surface area contributed by atoms with Crippen LogP contribution in [0.2, 0.25) is 0 Å². The molecule has 0 saturated heterocycles. The number of hydrogen-bond donors (Lipinski definition) is 2. The number of ether oxygens (including phenoxy) is 2. The minimum absolute atomic E-state index is 0.0266. The zero-order valence-corrected chi connectivity index (χ0v) is 14.2. The standard InChI is InChI=1S/C19H20F2N2O3/c1-2-13(11-22)12-25-16-8-6-14(7-9-16)18(24)23-15-4-3-5-17(10-15)26-19(20)21/h2-10,19H,11-12,22H2,1H3,(H,23,24)/b13-2-. The maximum atomic E-state index is 12.3. The van der Waals surface area contributed by atoms with Gasteiger partial charge in [-0.15, -0.1) is 0 Å². The number of alkyl halides is 2. The number of nitrogens with one attached hydrogen (secondary N) is 1. The molecule has 0 bridgehead atoms.